The molecule has 31 heavy (non-hydrogen) atoms. The van der Waals surface area contributed by atoms with Gasteiger partial charge in [-0.2, -0.15) is 0 Å². The number of aromatic nitrogens is 1. The maximum atomic E-state index is 13.0. The summed E-state index contributed by atoms with van der Waals surface area (Å²) in [6, 6.07) is 7.58. The number of ether oxygens (including phenoxy) is 2. The third-order valence-corrected chi connectivity index (χ3v) is 6.24. The third kappa shape index (κ3) is 5.21. The largest absolute Gasteiger partial charge is 0.493 e. The molecule has 1 aliphatic carbocycles. The molecule has 3 rings (SSSR count). The predicted octanol–water partition coefficient (Wildman–Crippen LogP) is 4.02. The van der Waals surface area contributed by atoms with Crippen LogP contribution in [0.2, 0.25) is 0 Å². The van der Waals surface area contributed by atoms with Crippen molar-refractivity contribution in [1.82, 2.24) is 15.4 Å². The van der Waals surface area contributed by atoms with Gasteiger partial charge in [0.05, 0.1) is 25.3 Å². The summed E-state index contributed by atoms with van der Waals surface area (Å²) in [5, 5.41) is 7.44. The molecule has 0 bridgehead atoms. The Morgan fingerprint density at radius 3 is 2.52 bits per heavy atom. The summed E-state index contributed by atoms with van der Waals surface area (Å²) in [4.78, 5) is 15.4. The lowest BCUT2D eigenvalue weighted by Gasteiger charge is -2.21. The summed E-state index contributed by atoms with van der Waals surface area (Å²) in [5.74, 6) is 1.94. The molecule has 1 heterocycles. The number of carbonyl (C=O) groups is 1. The standard InChI is InChI=1S/C24H35N3O4/c1-6-27(7-2)14-8-9-17(3)25-23(28)24(12-13-24)22-16-20(31-26-22)18-10-11-19(29-4)21(15-18)30-5/h10-11,15-17H,6-9,12-14H2,1-5H3,(H,25,28). The minimum absolute atomic E-state index is 0.0509. The van der Waals surface area contributed by atoms with Crippen LogP contribution >= 0.6 is 0 Å². The molecular formula is C24H35N3O4. The van der Waals surface area contributed by atoms with Crippen LogP contribution in [0.25, 0.3) is 11.3 Å². The topological polar surface area (TPSA) is 76.8 Å². The van der Waals surface area contributed by atoms with Gasteiger partial charge in [-0.25, -0.2) is 0 Å². The first-order valence-electron chi connectivity index (χ1n) is 11.2. The maximum absolute atomic E-state index is 13.0. The second kappa shape index (κ2) is 10.2. The van der Waals surface area contributed by atoms with E-state index >= 15 is 0 Å². The van der Waals surface area contributed by atoms with E-state index in [9.17, 15) is 4.79 Å². The fraction of sp³-hybridized carbons (Fsp3) is 0.583. The minimum atomic E-state index is -0.564. The van der Waals surface area contributed by atoms with Gasteiger partial charge in [0.25, 0.3) is 0 Å². The van der Waals surface area contributed by atoms with E-state index in [1.807, 2.05) is 24.3 Å². The van der Waals surface area contributed by atoms with Gasteiger partial charge in [0, 0.05) is 17.7 Å². The number of hydrogen-bond donors (Lipinski definition) is 1. The van der Waals surface area contributed by atoms with Crippen molar-refractivity contribution in [2.75, 3.05) is 33.9 Å². The molecule has 7 nitrogen and oxygen atoms in total. The first kappa shape index (κ1) is 23.1. The van der Waals surface area contributed by atoms with Gasteiger partial charge >= 0.3 is 0 Å². The smallest absolute Gasteiger partial charge is 0.232 e. The molecule has 0 aliphatic heterocycles. The van der Waals surface area contributed by atoms with Crippen LogP contribution in [-0.4, -0.2) is 55.9 Å². The van der Waals surface area contributed by atoms with Crippen molar-refractivity contribution in [3.63, 3.8) is 0 Å². The fourth-order valence-corrected chi connectivity index (χ4v) is 3.95. The quantitative estimate of drug-likeness (QED) is 0.549. The molecule has 1 saturated carbocycles. The highest BCUT2D eigenvalue weighted by molar-refractivity contribution is 5.91. The van der Waals surface area contributed by atoms with Crippen molar-refractivity contribution in [1.29, 1.82) is 0 Å². The number of rotatable bonds is 12. The van der Waals surface area contributed by atoms with Crippen LogP contribution in [0.1, 0.15) is 52.1 Å². The Bertz CT molecular complexity index is 871. The van der Waals surface area contributed by atoms with Crippen LogP contribution in [-0.2, 0) is 10.2 Å². The Morgan fingerprint density at radius 1 is 1.19 bits per heavy atom. The summed E-state index contributed by atoms with van der Waals surface area (Å²) in [6.45, 7) is 9.63. The molecule has 1 N–H and O–H groups in total. The molecule has 170 valence electrons. The van der Waals surface area contributed by atoms with Crippen molar-refractivity contribution in [3.8, 4) is 22.8 Å². The number of methoxy groups -OCH3 is 2. The van der Waals surface area contributed by atoms with Crippen LogP contribution in [0.4, 0.5) is 0 Å². The predicted molar refractivity (Wildman–Crippen MR) is 121 cm³/mol. The molecule has 1 unspecified atom stereocenters. The molecular weight excluding hydrogens is 394 g/mol. The van der Waals surface area contributed by atoms with Crippen molar-refractivity contribution in [2.24, 2.45) is 0 Å². The Balaban J connectivity index is 1.63. The third-order valence-electron chi connectivity index (χ3n) is 6.24. The zero-order valence-corrected chi connectivity index (χ0v) is 19.4. The molecule has 0 radical (unpaired) electrons. The van der Waals surface area contributed by atoms with Crippen LogP contribution in [0, 0.1) is 0 Å². The molecule has 1 amide bonds. The molecule has 1 aromatic carbocycles. The molecule has 1 atom stereocenters. The van der Waals surface area contributed by atoms with Gasteiger partial charge in [0.15, 0.2) is 17.3 Å². The Morgan fingerprint density at radius 2 is 1.90 bits per heavy atom. The van der Waals surface area contributed by atoms with Gasteiger partial charge in [0.2, 0.25) is 5.91 Å². The lowest BCUT2D eigenvalue weighted by Crippen LogP contribution is -2.40. The number of carbonyl (C=O) groups excluding carboxylic acids is 1. The van der Waals surface area contributed by atoms with Gasteiger partial charge in [-0.05, 0) is 70.4 Å². The first-order valence-corrected chi connectivity index (χ1v) is 11.2. The maximum Gasteiger partial charge on any atom is 0.232 e. The minimum Gasteiger partial charge on any atom is -0.493 e. The highest BCUT2D eigenvalue weighted by atomic mass is 16.5. The molecule has 7 heteroatoms. The van der Waals surface area contributed by atoms with Gasteiger partial charge in [-0.15, -0.1) is 0 Å². The van der Waals surface area contributed by atoms with Crippen LogP contribution in [0.15, 0.2) is 28.8 Å². The van der Waals surface area contributed by atoms with Gasteiger partial charge in [-0.3, -0.25) is 4.79 Å². The van der Waals surface area contributed by atoms with E-state index in [1.54, 1.807) is 14.2 Å². The van der Waals surface area contributed by atoms with E-state index in [0.29, 0.717) is 23.0 Å². The molecule has 1 aliphatic rings. The van der Waals surface area contributed by atoms with Gasteiger partial charge in [0.1, 0.15) is 0 Å². The molecule has 1 fully saturated rings. The zero-order chi connectivity index (χ0) is 22.4. The fourth-order valence-electron chi connectivity index (χ4n) is 3.95. The summed E-state index contributed by atoms with van der Waals surface area (Å²) in [5.41, 5.74) is 0.966. The molecule has 1 aromatic heterocycles. The van der Waals surface area contributed by atoms with Gasteiger partial charge < -0.3 is 24.2 Å². The van der Waals surface area contributed by atoms with E-state index < -0.39 is 5.41 Å². The lowest BCUT2D eigenvalue weighted by atomic mass is 9.99. The van der Waals surface area contributed by atoms with Crippen molar-refractivity contribution < 1.29 is 18.8 Å². The Labute approximate surface area is 185 Å². The Kier molecular flexibility index (Phi) is 7.59. The summed E-state index contributed by atoms with van der Waals surface area (Å²) >= 11 is 0. The number of hydrogen-bond acceptors (Lipinski definition) is 6. The van der Waals surface area contributed by atoms with Gasteiger partial charge in [-0.1, -0.05) is 19.0 Å². The average molecular weight is 430 g/mol. The number of nitrogens with one attached hydrogen (secondary N) is 1. The molecule has 0 spiro atoms. The second-order valence-corrected chi connectivity index (χ2v) is 8.27. The molecule has 2 aromatic rings. The van der Waals surface area contributed by atoms with E-state index in [2.05, 4.69) is 36.1 Å². The highest BCUT2D eigenvalue weighted by Crippen LogP contribution is 2.49. The van der Waals surface area contributed by atoms with Crippen LogP contribution < -0.4 is 14.8 Å². The first-order chi connectivity index (χ1) is 15.0. The number of nitrogens with zero attached hydrogens (tertiary/aromatic N) is 2. The van der Waals surface area contributed by atoms with Crippen molar-refractivity contribution >= 4 is 5.91 Å². The van der Waals surface area contributed by atoms with Crippen molar-refractivity contribution in [3.05, 3.63) is 30.0 Å². The normalized spacial score (nSPS) is 15.5. The van der Waals surface area contributed by atoms with E-state index in [1.165, 1.54) is 0 Å². The second-order valence-electron chi connectivity index (χ2n) is 8.27. The highest BCUT2D eigenvalue weighted by Gasteiger charge is 2.54. The monoisotopic (exact) mass is 429 g/mol. The van der Waals surface area contributed by atoms with Crippen LogP contribution in [0.5, 0.6) is 11.5 Å². The summed E-state index contributed by atoms with van der Waals surface area (Å²) in [7, 11) is 3.20. The van der Waals surface area contributed by atoms with E-state index in [0.717, 1.165) is 50.9 Å². The van der Waals surface area contributed by atoms with Crippen LogP contribution in [0.3, 0.4) is 0 Å². The van der Waals surface area contributed by atoms with Crippen molar-refractivity contribution in [2.45, 2.75) is 57.9 Å². The summed E-state index contributed by atoms with van der Waals surface area (Å²) < 4.78 is 16.3. The number of benzene rings is 1. The van der Waals surface area contributed by atoms with E-state index in [4.69, 9.17) is 14.0 Å². The average Bonchev–Trinajstić information content (AvgIpc) is 3.46. The summed E-state index contributed by atoms with van der Waals surface area (Å²) in [6.07, 6.45) is 3.63. The van der Waals surface area contributed by atoms with E-state index in [-0.39, 0.29) is 11.9 Å². The zero-order valence-electron chi connectivity index (χ0n) is 19.4. The lowest BCUT2D eigenvalue weighted by molar-refractivity contribution is -0.124. The SMILES string of the molecule is CCN(CC)CCCC(C)NC(=O)C1(c2cc(-c3ccc(OC)c(OC)c3)on2)CC1. The molecule has 0 saturated heterocycles. The number of amides is 1. The Hall–Kier alpha value is -2.54.